The first-order chi connectivity index (χ1) is 9.06. The Bertz CT molecular complexity index is 404. The van der Waals surface area contributed by atoms with Crippen LogP contribution in [0, 0.1) is 0 Å². The fourth-order valence-corrected chi connectivity index (χ4v) is 1.73. The minimum absolute atomic E-state index is 0.129. The van der Waals surface area contributed by atoms with Crippen LogP contribution < -0.4 is 10.1 Å². The third kappa shape index (κ3) is 4.91. The molecule has 1 aromatic rings. The van der Waals surface area contributed by atoms with Gasteiger partial charge in [0, 0.05) is 13.7 Å². The minimum Gasteiger partial charge on any atom is -0.481 e. The highest BCUT2D eigenvalue weighted by molar-refractivity contribution is 5.80. The van der Waals surface area contributed by atoms with Crippen LogP contribution in [0.2, 0.25) is 0 Å². The highest BCUT2D eigenvalue weighted by Crippen LogP contribution is 2.26. The summed E-state index contributed by atoms with van der Waals surface area (Å²) in [6.45, 7) is 6.95. The molecule has 1 aromatic carbocycles. The molecule has 0 aliphatic rings. The molecule has 0 aliphatic carbocycles. The SMILES string of the molecule is COCCNC(=O)[C@@H](C)Oc1ccccc1C(C)C. The van der Waals surface area contributed by atoms with E-state index in [4.69, 9.17) is 9.47 Å². The standard InChI is InChI=1S/C15H23NO3/c1-11(2)13-7-5-6-8-14(13)19-12(3)15(17)16-9-10-18-4/h5-8,11-12H,9-10H2,1-4H3,(H,16,17)/t12-/m1/s1. The highest BCUT2D eigenvalue weighted by Gasteiger charge is 2.16. The van der Waals surface area contributed by atoms with Gasteiger partial charge in [-0.25, -0.2) is 0 Å². The Hall–Kier alpha value is -1.55. The maximum absolute atomic E-state index is 11.8. The van der Waals surface area contributed by atoms with Gasteiger partial charge in [-0.1, -0.05) is 32.0 Å². The molecule has 1 rings (SSSR count). The summed E-state index contributed by atoms with van der Waals surface area (Å²) in [5.41, 5.74) is 1.11. The number of ether oxygens (including phenoxy) is 2. The number of para-hydroxylation sites is 1. The maximum Gasteiger partial charge on any atom is 0.260 e. The number of rotatable bonds is 7. The molecule has 4 nitrogen and oxygen atoms in total. The van der Waals surface area contributed by atoms with Gasteiger partial charge in [0.2, 0.25) is 0 Å². The molecule has 0 heterocycles. The Kier molecular flexibility index (Phi) is 6.36. The van der Waals surface area contributed by atoms with Crippen molar-refractivity contribution in [2.75, 3.05) is 20.3 Å². The Balaban J connectivity index is 2.61. The molecule has 1 atom stereocenters. The molecule has 0 aromatic heterocycles. The Morgan fingerprint density at radius 2 is 1.95 bits per heavy atom. The molecule has 0 bridgehead atoms. The van der Waals surface area contributed by atoms with E-state index in [1.807, 2.05) is 24.3 Å². The topological polar surface area (TPSA) is 47.6 Å². The first kappa shape index (κ1) is 15.5. The van der Waals surface area contributed by atoms with E-state index in [1.54, 1.807) is 14.0 Å². The molecule has 0 saturated heterocycles. The van der Waals surface area contributed by atoms with Gasteiger partial charge in [0.05, 0.1) is 6.61 Å². The van der Waals surface area contributed by atoms with E-state index >= 15 is 0 Å². The second-order valence-electron chi connectivity index (χ2n) is 4.74. The van der Waals surface area contributed by atoms with Crippen LogP contribution in [0.3, 0.4) is 0 Å². The number of nitrogens with one attached hydrogen (secondary N) is 1. The summed E-state index contributed by atoms with van der Waals surface area (Å²) in [5, 5.41) is 2.76. The van der Waals surface area contributed by atoms with Crippen molar-refractivity contribution in [1.82, 2.24) is 5.32 Å². The van der Waals surface area contributed by atoms with Crippen LogP contribution in [0.4, 0.5) is 0 Å². The average molecular weight is 265 g/mol. The molecule has 0 aliphatic heterocycles. The molecular weight excluding hydrogens is 242 g/mol. The van der Waals surface area contributed by atoms with Crippen molar-refractivity contribution in [2.45, 2.75) is 32.8 Å². The molecule has 0 unspecified atom stereocenters. The fraction of sp³-hybridized carbons (Fsp3) is 0.533. The van der Waals surface area contributed by atoms with E-state index in [1.165, 1.54) is 0 Å². The molecule has 106 valence electrons. The van der Waals surface area contributed by atoms with Crippen LogP contribution in [0.1, 0.15) is 32.3 Å². The van der Waals surface area contributed by atoms with Crippen LogP contribution in [0.25, 0.3) is 0 Å². The smallest absolute Gasteiger partial charge is 0.260 e. The Morgan fingerprint density at radius 3 is 2.58 bits per heavy atom. The maximum atomic E-state index is 11.8. The summed E-state index contributed by atoms with van der Waals surface area (Å²) in [4.78, 5) is 11.8. The molecule has 1 amide bonds. The van der Waals surface area contributed by atoms with Gasteiger partial charge < -0.3 is 14.8 Å². The van der Waals surface area contributed by atoms with Gasteiger partial charge in [0.15, 0.2) is 6.10 Å². The number of amides is 1. The second-order valence-corrected chi connectivity index (χ2v) is 4.74. The van der Waals surface area contributed by atoms with E-state index < -0.39 is 6.10 Å². The molecule has 1 N–H and O–H groups in total. The van der Waals surface area contributed by atoms with Crippen LogP contribution in [-0.4, -0.2) is 32.3 Å². The van der Waals surface area contributed by atoms with Gasteiger partial charge >= 0.3 is 0 Å². The first-order valence-electron chi connectivity index (χ1n) is 6.58. The lowest BCUT2D eigenvalue weighted by Gasteiger charge is -2.18. The highest BCUT2D eigenvalue weighted by atomic mass is 16.5. The largest absolute Gasteiger partial charge is 0.481 e. The molecular formula is C15H23NO3. The van der Waals surface area contributed by atoms with E-state index in [9.17, 15) is 4.79 Å². The lowest BCUT2D eigenvalue weighted by molar-refractivity contribution is -0.127. The summed E-state index contributed by atoms with van der Waals surface area (Å²) < 4.78 is 10.6. The predicted molar refractivity (Wildman–Crippen MR) is 75.5 cm³/mol. The number of carbonyl (C=O) groups excluding carboxylic acids is 1. The number of hydrogen-bond acceptors (Lipinski definition) is 3. The van der Waals surface area contributed by atoms with Gasteiger partial charge in [0.25, 0.3) is 5.91 Å². The zero-order valence-corrected chi connectivity index (χ0v) is 12.1. The van der Waals surface area contributed by atoms with Crippen LogP contribution in [-0.2, 0) is 9.53 Å². The van der Waals surface area contributed by atoms with Crippen molar-refractivity contribution >= 4 is 5.91 Å². The zero-order valence-electron chi connectivity index (χ0n) is 12.1. The molecule has 0 radical (unpaired) electrons. The third-order valence-corrected chi connectivity index (χ3v) is 2.82. The molecule has 19 heavy (non-hydrogen) atoms. The molecule has 4 heteroatoms. The lowest BCUT2D eigenvalue weighted by Crippen LogP contribution is -2.38. The molecule has 0 fully saturated rings. The number of hydrogen-bond donors (Lipinski definition) is 1. The summed E-state index contributed by atoms with van der Waals surface area (Å²) in [7, 11) is 1.60. The van der Waals surface area contributed by atoms with Crippen molar-refractivity contribution < 1.29 is 14.3 Å². The van der Waals surface area contributed by atoms with Gasteiger partial charge in [-0.2, -0.15) is 0 Å². The van der Waals surface area contributed by atoms with E-state index in [0.29, 0.717) is 19.1 Å². The van der Waals surface area contributed by atoms with Crippen LogP contribution >= 0.6 is 0 Å². The third-order valence-electron chi connectivity index (χ3n) is 2.82. The van der Waals surface area contributed by atoms with Gasteiger partial charge in [-0.15, -0.1) is 0 Å². The monoisotopic (exact) mass is 265 g/mol. The summed E-state index contributed by atoms with van der Waals surface area (Å²) >= 11 is 0. The minimum atomic E-state index is -0.517. The zero-order chi connectivity index (χ0) is 14.3. The summed E-state index contributed by atoms with van der Waals surface area (Å²) in [6.07, 6.45) is -0.517. The lowest BCUT2D eigenvalue weighted by atomic mass is 10.0. The van der Waals surface area contributed by atoms with E-state index in [-0.39, 0.29) is 5.91 Å². The van der Waals surface area contributed by atoms with E-state index in [0.717, 1.165) is 11.3 Å². The van der Waals surface area contributed by atoms with Crippen molar-refractivity contribution in [1.29, 1.82) is 0 Å². The van der Waals surface area contributed by atoms with Crippen molar-refractivity contribution in [3.8, 4) is 5.75 Å². The van der Waals surface area contributed by atoms with Gasteiger partial charge in [-0.05, 0) is 24.5 Å². The Labute approximate surface area is 115 Å². The second kappa shape index (κ2) is 7.79. The molecule has 0 saturated carbocycles. The van der Waals surface area contributed by atoms with Crippen molar-refractivity contribution in [2.24, 2.45) is 0 Å². The fourth-order valence-electron chi connectivity index (χ4n) is 1.73. The normalized spacial score (nSPS) is 12.3. The van der Waals surface area contributed by atoms with Gasteiger partial charge in [0.1, 0.15) is 5.75 Å². The predicted octanol–water partition coefficient (Wildman–Crippen LogP) is 2.34. The van der Waals surface area contributed by atoms with E-state index in [2.05, 4.69) is 19.2 Å². The number of benzene rings is 1. The Morgan fingerprint density at radius 1 is 1.26 bits per heavy atom. The van der Waals surface area contributed by atoms with Crippen molar-refractivity contribution in [3.05, 3.63) is 29.8 Å². The number of carbonyl (C=O) groups is 1. The van der Waals surface area contributed by atoms with Crippen LogP contribution in [0.15, 0.2) is 24.3 Å². The first-order valence-corrected chi connectivity index (χ1v) is 6.58. The summed E-state index contributed by atoms with van der Waals surface area (Å²) in [5.74, 6) is 1.00. The summed E-state index contributed by atoms with van der Waals surface area (Å²) in [6, 6.07) is 7.81. The average Bonchev–Trinajstić information content (AvgIpc) is 2.39. The van der Waals surface area contributed by atoms with Crippen molar-refractivity contribution in [3.63, 3.8) is 0 Å². The quantitative estimate of drug-likeness (QED) is 0.770. The van der Waals surface area contributed by atoms with Crippen LogP contribution in [0.5, 0.6) is 5.75 Å². The molecule has 0 spiro atoms. The van der Waals surface area contributed by atoms with Gasteiger partial charge in [-0.3, -0.25) is 4.79 Å². The number of methoxy groups -OCH3 is 1.